The Morgan fingerprint density at radius 2 is 1.64 bits per heavy atom. The monoisotopic (exact) mass is 364 g/mol. The average molecular weight is 365 g/mol. The van der Waals surface area contributed by atoms with Gasteiger partial charge in [0.1, 0.15) is 5.82 Å². The lowest BCUT2D eigenvalue weighted by molar-refractivity contribution is -0.119. The topological polar surface area (TPSA) is 84.5 Å². The highest BCUT2D eigenvalue weighted by molar-refractivity contribution is 6.30. The number of halogens is 2. The van der Waals surface area contributed by atoms with Gasteiger partial charge in [0.05, 0.1) is 5.56 Å². The molecule has 0 aliphatic rings. The fourth-order valence-electron chi connectivity index (χ4n) is 1.90. The molecule has 0 fully saturated rings. The SMILES string of the molecule is CC(=O)Nc1ccc(NC(=O)COC(=O)c2ccc(Cl)cc2F)cc1. The van der Waals surface area contributed by atoms with Crippen LogP contribution in [0.15, 0.2) is 42.5 Å². The number of amides is 2. The number of anilines is 2. The van der Waals surface area contributed by atoms with E-state index in [9.17, 15) is 18.8 Å². The van der Waals surface area contributed by atoms with Gasteiger partial charge in [-0.3, -0.25) is 9.59 Å². The second kappa shape index (κ2) is 8.25. The Morgan fingerprint density at radius 1 is 1.04 bits per heavy atom. The minimum atomic E-state index is -0.967. The molecule has 6 nitrogen and oxygen atoms in total. The van der Waals surface area contributed by atoms with Crippen LogP contribution in [0.3, 0.4) is 0 Å². The number of carbonyl (C=O) groups is 3. The minimum absolute atomic E-state index is 0.148. The standard InChI is InChI=1S/C17H14ClFN2O4/c1-10(22)20-12-3-5-13(6-4-12)21-16(23)9-25-17(24)14-7-2-11(18)8-15(14)19/h2-8H,9H2,1H3,(H,20,22)(H,21,23). The summed E-state index contributed by atoms with van der Waals surface area (Å²) in [6, 6.07) is 9.86. The predicted octanol–water partition coefficient (Wildman–Crippen LogP) is 3.23. The predicted molar refractivity (Wildman–Crippen MR) is 91.1 cm³/mol. The quantitative estimate of drug-likeness (QED) is 0.798. The number of ether oxygens (including phenoxy) is 1. The molecular weight excluding hydrogens is 351 g/mol. The number of carbonyl (C=O) groups excluding carboxylic acids is 3. The molecule has 0 aliphatic heterocycles. The van der Waals surface area contributed by atoms with Crippen molar-refractivity contribution >= 4 is 40.8 Å². The molecule has 25 heavy (non-hydrogen) atoms. The number of benzene rings is 2. The van der Waals surface area contributed by atoms with Gasteiger partial charge in [0.25, 0.3) is 5.91 Å². The van der Waals surface area contributed by atoms with Crippen molar-refractivity contribution < 1.29 is 23.5 Å². The van der Waals surface area contributed by atoms with Crippen molar-refractivity contribution in [2.75, 3.05) is 17.2 Å². The van der Waals surface area contributed by atoms with E-state index in [1.807, 2.05) is 0 Å². The molecule has 0 saturated carbocycles. The third kappa shape index (κ3) is 5.58. The van der Waals surface area contributed by atoms with Crippen LogP contribution in [-0.4, -0.2) is 24.4 Å². The molecule has 0 bridgehead atoms. The van der Waals surface area contributed by atoms with Gasteiger partial charge in [0, 0.05) is 23.3 Å². The van der Waals surface area contributed by atoms with E-state index >= 15 is 0 Å². The van der Waals surface area contributed by atoms with Crippen LogP contribution in [0.1, 0.15) is 17.3 Å². The summed E-state index contributed by atoms with van der Waals surface area (Å²) in [5.74, 6) is -2.59. The molecule has 2 aromatic rings. The van der Waals surface area contributed by atoms with Gasteiger partial charge in [-0.25, -0.2) is 9.18 Å². The van der Waals surface area contributed by atoms with E-state index in [1.165, 1.54) is 19.1 Å². The lowest BCUT2D eigenvalue weighted by Gasteiger charge is -2.08. The summed E-state index contributed by atoms with van der Waals surface area (Å²) in [6.07, 6.45) is 0. The maximum absolute atomic E-state index is 13.6. The van der Waals surface area contributed by atoms with Gasteiger partial charge in [0.2, 0.25) is 5.91 Å². The summed E-state index contributed by atoms with van der Waals surface area (Å²) in [6.45, 7) is 0.807. The highest BCUT2D eigenvalue weighted by atomic mass is 35.5. The van der Waals surface area contributed by atoms with E-state index in [2.05, 4.69) is 10.6 Å². The van der Waals surface area contributed by atoms with E-state index in [1.54, 1.807) is 24.3 Å². The van der Waals surface area contributed by atoms with Crippen LogP contribution in [-0.2, 0) is 14.3 Å². The van der Waals surface area contributed by atoms with Crippen LogP contribution in [0.5, 0.6) is 0 Å². The van der Waals surface area contributed by atoms with Crippen molar-refractivity contribution in [3.8, 4) is 0 Å². The normalized spacial score (nSPS) is 10.0. The lowest BCUT2D eigenvalue weighted by Crippen LogP contribution is -2.21. The van der Waals surface area contributed by atoms with E-state index in [-0.39, 0.29) is 16.5 Å². The Labute approximate surface area is 147 Å². The molecule has 0 aromatic heterocycles. The van der Waals surface area contributed by atoms with Gasteiger partial charge in [-0.1, -0.05) is 11.6 Å². The second-order valence-corrected chi connectivity index (χ2v) is 5.44. The molecule has 130 valence electrons. The van der Waals surface area contributed by atoms with Crippen molar-refractivity contribution in [2.45, 2.75) is 6.92 Å². The molecule has 2 rings (SSSR count). The molecular formula is C17H14ClFN2O4. The van der Waals surface area contributed by atoms with Crippen LogP contribution in [0.4, 0.5) is 15.8 Å². The van der Waals surface area contributed by atoms with Crippen LogP contribution in [0.2, 0.25) is 5.02 Å². The first-order chi connectivity index (χ1) is 11.8. The Bertz CT molecular complexity index is 809. The Hall–Kier alpha value is -2.93. The lowest BCUT2D eigenvalue weighted by atomic mass is 10.2. The summed E-state index contributed by atoms with van der Waals surface area (Å²) in [5, 5.41) is 5.24. The molecule has 2 amide bonds. The summed E-state index contributed by atoms with van der Waals surface area (Å²) < 4.78 is 18.4. The molecule has 2 aromatic carbocycles. The molecule has 0 radical (unpaired) electrons. The number of rotatable bonds is 5. The van der Waals surface area contributed by atoms with Gasteiger partial charge in [-0.05, 0) is 42.5 Å². The van der Waals surface area contributed by atoms with Crippen molar-refractivity contribution in [3.63, 3.8) is 0 Å². The Kier molecular flexibility index (Phi) is 6.08. The maximum atomic E-state index is 13.6. The molecule has 8 heteroatoms. The summed E-state index contributed by atoms with van der Waals surface area (Å²) in [5.41, 5.74) is 0.722. The third-order valence-electron chi connectivity index (χ3n) is 2.97. The number of nitrogens with one attached hydrogen (secondary N) is 2. The summed E-state index contributed by atoms with van der Waals surface area (Å²) >= 11 is 5.60. The van der Waals surface area contributed by atoms with Crippen molar-refractivity contribution in [2.24, 2.45) is 0 Å². The van der Waals surface area contributed by atoms with E-state index in [0.29, 0.717) is 11.4 Å². The molecule has 0 aliphatic carbocycles. The third-order valence-corrected chi connectivity index (χ3v) is 3.21. The Balaban J connectivity index is 1.87. The molecule has 0 saturated heterocycles. The van der Waals surface area contributed by atoms with Crippen LogP contribution in [0, 0.1) is 5.82 Å². The fraction of sp³-hybridized carbons (Fsp3) is 0.118. The zero-order chi connectivity index (χ0) is 18.4. The second-order valence-electron chi connectivity index (χ2n) is 5.01. The van der Waals surface area contributed by atoms with Crippen LogP contribution >= 0.6 is 11.6 Å². The number of hydrogen-bond acceptors (Lipinski definition) is 4. The van der Waals surface area contributed by atoms with Crippen molar-refractivity contribution in [1.82, 2.24) is 0 Å². The number of hydrogen-bond donors (Lipinski definition) is 2. The first-order valence-corrected chi connectivity index (χ1v) is 7.52. The average Bonchev–Trinajstić information content (AvgIpc) is 2.54. The fourth-order valence-corrected chi connectivity index (χ4v) is 2.06. The van der Waals surface area contributed by atoms with E-state index < -0.39 is 24.3 Å². The van der Waals surface area contributed by atoms with Gasteiger partial charge in [-0.15, -0.1) is 0 Å². The van der Waals surface area contributed by atoms with Crippen molar-refractivity contribution in [3.05, 3.63) is 58.9 Å². The highest BCUT2D eigenvalue weighted by Crippen LogP contribution is 2.16. The van der Waals surface area contributed by atoms with Crippen molar-refractivity contribution in [1.29, 1.82) is 0 Å². The highest BCUT2D eigenvalue weighted by Gasteiger charge is 2.15. The van der Waals surface area contributed by atoms with Crippen LogP contribution < -0.4 is 10.6 Å². The zero-order valence-electron chi connectivity index (χ0n) is 13.1. The first kappa shape index (κ1) is 18.4. The smallest absolute Gasteiger partial charge is 0.341 e. The van der Waals surface area contributed by atoms with E-state index in [4.69, 9.17) is 16.3 Å². The van der Waals surface area contributed by atoms with Gasteiger partial charge in [0.15, 0.2) is 6.61 Å². The van der Waals surface area contributed by atoms with Gasteiger partial charge >= 0.3 is 5.97 Å². The van der Waals surface area contributed by atoms with Gasteiger partial charge < -0.3 is 15.4 Å². The Morgan fingerprint density at radius 3 is 2.20 bits per heavy atom. The first-order valence-electron chi connectivity index (χ1n) is 7.15. The number of esters is 1. The molecule has 0 unspecified atom stereocenters. The van der Waals surface area contributed by atoms with Gasteiger partial charge in [-0.2, -0.15) is 0 Å². The van der Waals surface area contributed by atoms with E-state index in [0.717, 1.165) is 6.07 Å². The molecule has 0 spiro atoms. The molecule has 0 atom stereocenters. The van der Waals surface area contributed by atoms with Crippen LogP contribution in [0.25, 0.3) is 0 Å². The summed E-state index contributed by atoms with van der Waals surface area (Å²) in [7, 11) is 0. The molecule has 2 N–H and O–H groups in total. The minimum Gasteiger partial charge on any atom is -0.452 e. The zero-order valence-corrected chi connectivity index (χ0v) is 13.9. The largest absolute Gasteiger partial charge is 0.452 e. The molecule has 0 heterocycles. The summed E-state index contributed by atoms with van der Waals surface area (Å²) in [4.78, 5) is 34.5. The maximum Gasteiger partial charge on any atom is 0.341 e.